The minimum Gasteiger partial charge on any atom is -0.464 e. The number of amides is 4. The van der Waals surface area contributed by atoms with Gasteiger partial charge in [0.05, 0.1) is 48.2 Å². The van der Waals surface area contributed by atoms with Crippen molar-refractivity contribution >= 4 is 60.2 Å². The van der Waals surface area contributed by atoms with Gasteiger partial charge in [0.2, 0.25) is 11.8 Å². The van der Waals surface area contributed by atoms with Gasteiger partial charge in [0, 0.05) is 30.3 Å². The van der Waals surface area contributed by atoms with Crippen LogP contribution in [-0.4, -0.2) is 137 Å². The fraction of sp³-hybridized carbons (Fsp3) is 0.564. The molecule has 0 radical (unpaired) electrons. The summed E-state index contributed by atoms with van der Waals surface area (Å²) >= 11 is 0. The number of furan rings is 2. The minimum absolute atomic E-state index is 0.00412. The van der Waals surface area contributed by atoms with Crippen LogP contribution in [0.4, 0.5) is 9.59 Å². The average Bonchev–Trinajstić information content (AvgIpc) is 3.98. The van der Waals surface area contributed by atoms with Crippen LogP contribution in [0.1, 0.15) is 77.8 Å². The van der Waals surface area contributed by atoms with Gasteiger partial charge in [0.15, 0.2) is 6.29 Å². The second-order valence-corrected chi connectivity index (χ2v) is 22.8. The lowest BCUT2D eigenvalue weighted by Gasteiger charge is -2.64. The third-order valence-corrected chi connectivity index (χ3v) is 17.2. The van der Waals surface area contributed by atoms with Gasteiger partial charge in [-0.1, -0.05) is 77.3 Å². The van der Waals surface area contributed by atoms with Crippen LogP contribution in [-0.2, 0) is 41.2 Å². The fourth-order valence-corrected chi connectivity index (χ4v) is 12.8. The van der Waals surface area contributed by atoms with Crippen LogP contribution < -0.4 is 10.6 Å². The van der Waals surface area contributed by atoms with Gasteiger partial charge in [-0.25, -0.2) is 9.59 Å². The molecule has 75 heavy (non-hydrogen) atoms. The van der Waals surface area contributed by atoms with Crippen molar-refractivity contribution in [2.75, 3.05) is 26.3 Å². The number of benzene rings is 2. The SMILES string of the molecule is C=CC(=O)N1C[C@@H]2C[C@@H]2[C@@H]1COC(=O)N[C@@H](Cc1coc2ccccc12)B(O)O.C=CC(=O)N1C[C@@H]2C[C@@H]2[C@@H]1COC(=O)N[C@@H](Cc1coc2ccccc12)B1O[C@@H]2C[C@@H]3C[C@@H](C3(C)C)[C@]2(C)O1.CC(C)CC(O)O. The number of carbonyl (C=O) groups excluding carboxylic acids is 4. The number of nitrogens with one attached hydrogen (secondary N) is 2. The summed E-state index contributed by atoms with van der Waals surface area (Å²) in [6.07, 6.45) is 8.84. The first-order chi connectivity index (χ1) is 35.8. The molecular weight excluding hydrogens is 962 g/mol. The molecule has 18 nitrogen and oxygen atoms in total. The summed E-state index contributed by atoms with van der Waals surface area (Å²) < 4.78 is 35.6. The van der Waals surface area contributed by atoms with E-state index in [1.807, 2.05) is 62.4 Å². The zero-order valence-corrected chi connectivity index (χ0v) is 43.5. The maximum Gasteiger partial charge on any atom is 0.482 e. The largest absolute Gasteiger partial charge is 0.482 e. The van der Waals surface area contributed by atoms with Crippen molar-refractivity contribution in [1.29, 1.82) is 0 Å². The van der Waals surface area contributed by atoms with E-state index in [0.717, 1.165) is 53.2 Å². The van der Waals surface area contributed by atoms with Crippen LogP contribution in [0.25, 0.3) is 21.9 Å². The Morgan fingerprint density at radius 2 is 1.31 bits per heavy atom. The lowest BCUT2D eigenvalue weighted by molar-refractivity contribution is -0.199. The Balaban J connectivity index is 0.000000169. The number of aliphatic hydroxyl groups excluding tert-OH is 1. The van der Waals surface area contributed by atoms with Crippen LogP contribution in [0.15, 0.2) is 95.2 Å². The normalized spacial score (nSPS) is 28.8. The van der Waals surface area contributed by atoms with E-state index >= 15 is 0 Å². The van der Waals surface area contributed by atoms with Crippen molar-refractivity contribution in [1.82, 2.24) is 20.4 Å². The molecule has 3 aliphatic heterocycles. The molecule has 2 aromatic heterocycles. The molecule has 2 bridgehead atoms. The molecule has 6 N–H and O–H groups in total. The maximum absolute atomic E-state index is 13.2. The number of carbonyl (C=O) groups is 4. The predicted molar refractivity (Wildman–Crippen MR) is 279 cm³/mol. The highest BCUT2D eigenvalue weighted by atomic mass is 16.7. The molecular formula is C55H72B2N4O14. The van der Waals surface area contributed by atoms with Crippen LogP contribution in [0.3, 0.4) is 0 Å². The molecule has 8 fully saturated rings. The number of alkyl carbamates (subject to hydrolysis) is 2. The molecule has 4 aromatic rings. The predicted octanol–water partition coefficient (Wildman–Crippen LogP) is 5.83. The van der Waals surface area contributed by atoms with Crippen molar-refractivity contribution < 1.29 is 67.1 Å². The summed E-state index contributed by atoms with van der Waals surface area (Å²) in [7, 11) is -2.37. The molecule has 0 unspecified atom stereocenters. The Bertz CT molecular complexity index is 2720. The molecule has 3 saturated heterocycles. The number of likely N-dealkylation sites (tertiary alicyclic amines) is 2. The van der Waals surface area contributed by atoms with Crippen LogP contribution in [0, 0.1) is 46.8 Å². The van der Waals surface area contributed by atoms with Crippen molar-refractivity contribution in [3.63, 3.8) is 0 Å². The molecule has 12 rings (SSSR count). The Morgan fingerprint density at radius 3 is 1.79 bits per heavy atom. The molecule has 8 aliphatic rings. The van der Waals surface area contributed by atoms with E-state index in [1.165, 1.54) is 18.4 Å². The number of ether oxygens (including phenoxy) is 2. The maximum atomic E-state index is 13.2. The Kier molecular flexibility index (Phi) is 16.0. The van der Waals surface area contributed by atoms with Crippen molar-refractivity contribution in [3.05, 3.63) is 97.5 Å². The topological polar surface area (TPSA) is 243 Å². The number of fused-ring (bicyclic) bond motifs is 4. The number of nitrogens with zero attached hydrogens (tertiary/aromatic N) is 2. The second kappa shape index (κ2) is 22.1. The third kappa shape index (κ3) is 11.6. The highest BCUT2D eigenvalue weighted by Gasteiger charge is 2.68. The van der Waals surface area contributed by atoms with Gasteiger partial charge in [-0.2, -0.15) is 0 Å². The minimum atomic E-state index is -1.77. The summed E-state index contributed by atoms with van der Waals surface area (Å²) in [5.41, 5.74) is 3.05. The first-order valence-corrected chi connectivity index (χ1v) is 26.5. The summed E-state index contributed by atoms with van der Waals surface area (Å²) in [6.45, 7) is 19.5. The zero-order valence-electron chi connectivity index (χ0n) is 43.5. The van der Waals surface area contributed by atoms with Gasteiger partial charge < -0.3 is 68.3 Å². The first kappa shape index (κ1) is 54.2. The number of aliphatic hydroxyl groups is 2. The molecule has 2 aromatic carbocycles. The molecule has 5 heterocycles. The monoisotopic (exact) mass is 1030 g/mol. The van der Waals surface area contributed by atoms with E-state index in [-0.39, 0.29) is 60.7 Å². The third-order valence-electron chi connectivity index (χ3n) is 17.2. The molecule has 5 aliphatic carbocycles. The average molecular weight is 1030 g/mol. The highest BCUT2D eigenvalue weighted by molar-refractivity contribution is 6.48. The van der Waals surface area contributed by atoms with Crippen molar-refractivity contribution in [2.24, 2.45) is 46.8 Å². The van der Waals surface area contributed by atoms with Gasteiger partial charge in [-0.15, -0.1) is 0 Å². The van der Waals surface area contributed by atoms with Gasteiger partial charge in [0.25, 0.3) is 0 Å². The van der Waals surface area contributed by atoms with Gasteiger partial charge in [-0.3, -0.25) is 9.59 Å². The van der Waals surface area contributed by atoms with Crippen LogP contribution in [0.2, 0.25) is 0 Å². The molecule has 20 heteroatoms. The molecule has 5 saturated carbocycles. The number of piperidine rings is 2. The Hall–Kier alpha value is -5.63. The summed E-state index contributed by atoms with van der Waals surface area (Å²) in [5.74, 6) is 1.45. The van der Waals surface area contributed by atoms with Crippen LogP contribution in [0.5, 0.6) is 0 Å². The van der Waals surface area contributed by atoms with E-state index in [4.69, 9.17) is 37.8 Å². The summed E-state index contributed by atoms with van der Waals surface area (Å²) in [6, 6.07) is 15.0. The van der Waals surface area contributed by atoms with Gasteiger partial charge in [-0.05, 0) is 128 Å². The number of rotatable bonds is 16. The Morgan fingerprint density at radius 1 is 0.787 bits per heavy atom. The fourth-order valence-electron chi connectivity index (χ4n) is 12.8. The lowest BCUT2D eigenvalue weighted by atomic mass is 9.43. The smallest absolute Gasteiger partial charge is 0.464 e. The van der Waals surface area contributed by atoms with Gasteiger partial charge >= 0.3 is 26.4 Å². The first-order valence-electron chi connectivity index (χ1n) is 26.5. The molecule has 402 valence electrons. The van der Waals surface area contributed by atoms with E-state index < -0.39 is 44.6 Å². The van der Waals surface area contributed by atoms with E-state index in [0.29, 0.717) is 72.9 Å². The molecule has 12 atom stereocenters. The standard InChI is InChI=1S/C30H37BN2O6.C20H23BN2O6.C5H12O2/c1-5-27(34)33-14-17-10-21(17)22(33)16-37-28(35)32-26(11-18-15-36-23-9-7-6-8-20(18)23)31-38-25-13-19-12-24(29(19,2)3)30(25,4)39-31;1-2-19(24)23-9-12-7-15(12)16(23)11-29-20(25)22-18(21(26)27)8-13-10-28-17-6-4-3-5-14(13)17;1-4(2)3-5(6)7/h5-9,15,17,19,21-22,24-26H,1,10-14,16H2,2-4H3,(H,32,35);2-6,10,12,15-16,18,26-27H,1,7-9,11H2,(H,22,25);4-7H,3H2,1-2H3/t17-,19-,21-,22-,24-,25+,26-,30-;12-,15-,16-,18-;/m00./s1. The second-order valence-electron chi connectivity index (χ2n) is 22.8. The quantitative estimate of drug-likeness (QED) is 0.0440. The molecule has 0 spiro atoms. The van der Waals surface area contributed by atoms with Gasteiger partial charge in [0.1, 0.15) is 24.4 Å². The number of hydrogen-bond donors (Lipinski definition) is 6. The number of hydrogen-bond acceptors (Lipinski definition) is 14. The lowest BCUT2D eigenvalue weighted by Crippen LogP contribution is -2.65. The van der Waals surface area contributed by atoms with E-state index in [2.05, 4.69) is 44.6 Å². The van der Waals surface area contributed by atoms with Crippen molar-refractivity contribution in [2.45, 2.75) is 122 Å². The van der Waals surface area contributed by atoms with Crippen LogP contribution >= 0.6 is 0 Å². The number of para-hydroxylation sites is 2. The summed E-state index contributed by atoms with van der Waals surface area (Å²) in [5, 5.41) is 43.4. The highest BCUT2D eigenvalue weighted by Crippen LogP contribution is 2.66. The molecule has 4 amide bonds. The van der Waals surface area contributed by atoms with Crippen molar-refractivity contribution in [3.8, 4) is 0 Å². The van der Waals surface area contributed by atoms with E-state index in [1.54, 1.807) is 16.1 Å². The Labute approximate surface area is 438 Å². The zero-order chi connectivity index (χ0) is 53.5. The summed E-state index contributed by atoms with van der Waals surface area (Å²) in [4.78, 5) is 53.2. The van der Waals surface area contributed by atoms with E-state index in [9.17, 15) is 29.2 Å².